The number of fused-ring (bicyclic) bond motifs is 1. The van der Waals surface area contributed by atoms with Gasteiger partial charge in [-0.3, -0.25) is 4.79 Å². The Morgan fingerprint density at radius 1 is 0.700 bits per heavy atom. The number of hydrogen-bond donors (Lipinski definition) is 0. The van der Waals surface area contributed by atoms with Crippen LogP contribution in [-0.4, -0.2) is 127 Å². The average molecular weight is 1020 g/mol. The van der Waals surface area contributed by atoms with Gasteiger partial charge in [0, 0.05) is 6.54 Å². The SMILES string of the molecule is CCOC(=O)Oc1c(Cl)cc(S(=O)(=O)Cc2ccc(CCCN(C(=O)OCC)c3nc(N(C(=O)OCC)C(=O)OCC)n4nc(-c5ccco5)nc4n3)cc2)cc1C(=O)N(C(=O)OCC)C(=O)OCC. The molecule has 0 aliphatic carbocycles. The predicted octanol–water partition coefficient (Wildman–Crippen LogP) is 7.41. The van der Waals surface area contributed by atoms with Crippen LogP contribution in [0.4, 0.5) is 40.7 Å². The van der Waals surface area contributed by atoms with Gasteiger partial charge in [0.05, 0.1) is 67.1 Å². The number of aryl methyl sites for hydroxylation is 1. The number of sulfone groups is 1. The van der Waals surface area contributed by atoms with Gasteiger partial charge in [-0.05, 0) is 89.8 Å². The Labute approximate surface area is 404 Å². The molecule has 27 heteroatoms. The second kappa shape index (κ2) is 24.4. The second-order valence-corrected chi connectivity index (χ2v) is 16.2. The van der Waals surface area contributed by atoms with Gasteiger partial charge in [-0.2, -0.15) is 19.5 Å². The van der Waals surface area contributed by atoms with Gasteiger partial charge in [0.1, 0.15) is 0 Å². The molecule has 2 aromatic carbocycles. The van der Waals surface area contributed by atoms with Crippen molar-refractivity contribution < 1.29 is 79.6 Å². The third kappa shape index (κ3) is 12.8. The summed E-state index contributed by atoms with van der Waals surface area (Å²) in [5.41, 5.74) is 0.175. The van der Waals surface area contributed by atoms with Crippen LogP contribution in [0.15, 0.2) is 64.1 Å². The lowest BCUT2D eigenvalue weighted by atomic mass is 10.1. The van der Waals surface area contributed by atoms with Crippen LogP contribution in [-0.2, 0) is 50.4 Å². The van der Waals surface area contributed by atoms with Crippen molar-refractivity contribution in [2.45, 2.75) is 65.0 Å². The number of furan rings is 1. The standard InChI is InChI=1S/C43H47ClN8O17S/c1-7-62-38(54)49(35-46-36-45-33(31-16-14-22-68-31)48-52(36)37(47-35)51(41(57)65-10-4)42(58)66-11-5)21-13-15-26-17-19-27(20-18-26)25-70(60,61)28-23-29(32(30(44)24-28)69-43(59)67-12-6)34(53)50(39(55)63-8-2)40(56)64-9-3/h14,16-20,22-24H,7-13,15,21,25H2,1-6H3. The zero-order valence-electron chi connectivity index (χ0n) is 38.6. The molecule has 0 saturated heterocycles. The molecule has 3 heterocycles. The Bertz CT molecular complexity index is 2790. The number of halogens is 1. The molecule has 0 atom stereocenters. The largest absolute Gasteiger partial charge is 0.513 e. The van der Waals surface area contributed by atoms with Crippen LogP contribution < -0.4 is 14.5 Å². The van der Waals surface area contributed by atoms with Gasteiger partial charge in [-0.25, -0.2) is 42.1 Å². The van der Waals surface area contributed by atoms with Crippen LogP contribution >= 0.6 is 11.6 Å². The number of benzene rings is 2. The Morgan fingerprint density at radius 2 is 1.27 bits per heavy atom. The lowest BCUT2D eigenvalue weighted by Crippen LogP contribution is -2.43. The summed E-state index contributed by atoms with van der Waals surface area (Å²) in [6.07, 6.45) is -5.57. The van der Waals surface area contributed by atoms with Crippen molar-refractivity contribution >= 4 is 81.6 Å². The number of carbonyl (C=O) groups excluding carboxylic acids is 7. The fourth-order valence-corrected chi connectivity index (χ4v) is 7.87. The molecular formula is C43H47ClN8O17S. The van der Waals surface area contributed by atoms with Crippen molar-refractivity contribution in [3.63, 3.8) is 0 Å². The zero-order chi connectivity index (χ0) is 51.1. The van der Waals surface area contributed by atoms with E-state index >= 15 is 0 Å². The molecule has 0 spiro atoms. The molecule has 0 radical (unpaired) electrons. The Kier molecular flexibility index (Phi) is 18.5. The summed E-state index contributed by atoms with van der Waals surface area (Å²) in [4.78, 5) is 106. The normalized spacial score (nSPS) is 11.0. The van der Waals surface area contributed by atoms with Crippen LogP contribution in [0.5, 0.6) is 5.75 Å². The maximum absolute atomic E-state index is 13.9. The van der Waals surface area contributed by atoms with Crippen molar-refractivity contribution in [3.05, 3.63) is 76.5 Å². The van der Waals surface area contributed by atoms with Crippen LogP contribution in [0.25, 0.3) is 17.4 Å². The number of ether oxygens (including phenoxy) is 7. The van der Waals surface area contributed by atoms with Crippen molar-refractivity contribution in [1.29, 1.82) is 0 Å². The van der Waals surface area contributed by atoms with E-state index in [4.69, 9.17) is 49.2 Å². The smallest absolute Gasteiger partial charge is 0.461 e. The maximum atomic E-state index is 13.9. The fraction of sp³-hybridized carbons (Fsp3) is 0.372. The molecule has 0 unspecified atom stereocenters. The summed E-state index contributed by atoms with van der Waals surface area (Å²) in [6.45, 7) is 7.83. The van der Waals surface area contributed by atoms with E-state index < -0.39 is 85.3 Å². The summed E-state index contributed by atoms with van der Waals surface area (Å²) < 4.78 is 69.4. The molecule has 6 amide bonds. The van der Waals surface area contributed by atoms with E-state index in [2.05, 4.69) is 20.1 Å². The number of amides is 6. The van der Waals surface area contributed by atoms with Gasteiger partial charge in [-0.1, -0.05) is 35.9 Å². The molecule has 70 heavy (non-hydrogen) atoms. The molecule has 0 N–H and O–H groups in total. The second-order valence-electron chi connectivity index (χ2n) is 13.8. The number of nitrogens with zero attached hydrogens (tertiary/aromatic N) is 8. The zero-order valence-corrected chi connectivity index (χ0v) is 40.1. The van der Waals surface area contributed by atoms with Crippen molar-refractivity contribution in [3.8, 4) is 17.3 Å². The highest BCUT2D eigenvalue weighted by Crippen LogP contribution is 2.35. The van der Waals surface area contributed by atoms with Gasteiger partial charge in [-0.15, -0.1) is 14.9 Å². The van der Waals surface area contributed by atoms with Crippen LogP contribution in [0.1, 0.15) is 69.4 Å². The first kappa shape index (κ1) is 53.1. The first-order chi connectivity index (χ1) is 33.5. The van der Waals surface area contributed by atoms with Crippen LogP contribution in [0.3, 0.4) is 0 Å². The van der Waals surface area contributed by atoms with Crippen LogP contribution in [0.2, 0.25) is 5.02 Å². The van der Waals surface area contributed by atoms with Crippen molar-refractivity contribution in [2.24, 2.45) is 0 Å². The Hall–Kier alpha value is -7.87. The van der Waals surface area contributed by atoms with E-state index in [1.165, 1.54) is 53.0 Å². The van der Waals surface area contributed by atoms with E-state index in [-0.39, 0.29) is 86.4 Å². The topological polar surface area (TPSA) is 297 Å². The summed E-state index contributed by atoms with van der Waals surface area (Å²) in [7, 11) is -4.38. The van der Waals surface area contributed by atoms with E-state index in [0.29, 0.717) is 16.9 Å². The molecule has 5 aromatic rings. The minimum atomic E-state index is -4.38. The molecule has 0 aliphatic heterocycles. The van der Waals surface area contributed by atoms with E-state index in [1.54, 1.807) is 31.2 Å². The fourth-order valence-electron chi connectivity index (χ4n) is 6.15. The average Bonchev–Trinajstić information content (AvgIpc) is 4.01. The number of aromatic nitrogens is 5. The molecule has 3 aromatic heterocycles. The first-order valence-electron chi connectivity index (χ1n) is 21.4. The van der Waals surface area contributed by atoms with Gasteiger partial charge in [0.15, 0.2) is 21.3 Å². The van der Waals surface area contributed by atoms with Crippen LogP contribution in [0, 0.1) is 0 Å². The van der Waals surface area contributed by atoms with Gasteiger partial charge >= 0.3 is 36.6 Å². The summed E-state index contributed by atoms with van der Waals surface area (Å²) in [5, 5.41) is 3.78. The minimum absolute atomic E-state index is 0.0000974. The number of carbonyl (C=O) groups is 7. The van der Waals surface area contributed by atoms with Gasteiger partial charge < -0.3 is 37.6 Å². The molecule has 5 rings (SSSR count). The lowest BCUT2D eigenvalue weighted by Gasteiger charge is -2.22. The predicted molar refractivity (Wildman–Crippen MR) is 242 cm³/mol. The Balaban J connectivity index is 1.42. The van der Waals surface area contributed by atoms with Gasteiger partial charge in [0.2, 0.25) is 11.8 Å². The molecule has 0 saturated carbocycles. The van der Waals surface area contributed by atoms with Crippen molar-refractivity contribution in [2.75, 3.05) is 56.0 Å². The molecule has 0 fully saturated rings. The number of anilines is 2. The number of imide groups is 4. The molecular weight excluding hydrogens is 968 g/mol. The molecule has 374 valence electrons. The third-order valence-corrected chi connectivity index (χ3v) is 11.1. The highest BCUT2D eigenvalue weighted by atomic mass is 35.5. The molecule has 0 bridgehead atoms. The monoisotopic (exact) mass is 1010 g/mol. The summed E-state index contributed by atoms with van der Waals surface area (Å²) in [6, 6.07) is 11.2. The highest BCUT2D eigenvalue weighted by Gasteiger charge is 2.37. The van der Waals surface area contributed by atoms with Gasteiger partial charge in [0.25, 0.3) is 17.6 Å². The third-order valence-electron chi connectivity index (χ3n) is 9.14. The molecule has 0 aliphatic rings. The highest BCUT2D eigenvalue weighted by molar-refractivity contribution is 7.90. The minimum Gasteiger partial charge on any atom is -0.461 e. The number of rotatable bonds is 18. The van der Waals surface area contributed by atoms with Crippen molar-refractivity contribution in [1.82, 2.24) is 29.5 Å². The first-order valence-corrected chi connectivity index (χ1v) is 23.5. The number of hydrogen-bond acceptors (Lipinski definition) is 21. The summed E-state index contributed by atoms with van der Waals surface area (Å²) >= 11 is 6.41. The summed E-state index contributed by atoms with van der Waals surface area (Å²) in [5.74, 6) is -3.66. The quantitative estimate of drug-likeness (QED) is 0.0468. The lowest BCUT2D eigenvalue weighted by molar-refractivity contribution is 0.0594. The molecule has 25 nitrogen and oxygen atoms in total. The van der Waals surface area contributed by atoms with E-state index in [1.807, 2.05) is 0 Å². The maximum Gasteiger partial charge on any atom is 0.513 e. The Morgan fingerprint density at radius 3 is 1.84 bits per heavy atom. The van der Waals surface area contributed by atoms with E-state index in [9.17, 15) is 42.0 Å². The van der Waals surface area contributed by atoms with E-state index in [0.717, 1.165) is 21.5 Å².